The quantitative estimate of drug-likeness (QED) is 0.785. The Morgan fingerprint density at radius 1 is 1.33 bits per heavy atom. The molecule has 1 saturated heterocycles. The third-order valence-corrected chi connectivity index (χ3v) is 3.05. The lowest BCUT2D eigenvalue weighted by atomic mass is 10.2. The number of halogens is 1. The molecule has 0 unspecified atom stereocenters. The van der Waals surface area contributed by atoms with E-state index in [2.05, 4.69) is 20.9 Å². The number of carbonyl (C=O) groups is 1. The molecule has 0 bridgehead atoms. The predicted molar refractivity (Wildman–Crippen MR) is 62.8 cm³/mol. The highest BCUT2D eigenvalue weighted by Crippen LogP contribution is 2.21. The number of anilines is 1. The van der Waals surface area contributed by atoms with Crippen LogP contribution in [0.5, 0.6) is 0 Å². The lowest BCUT2D eigenvalue weighted by molar-refractivity contribution is -0.118. The maximum atomic E-state index is 11.8. The maximum Gasteiger partial charge on any atom is 0.228 e. The van der Waals surface area contributed by atoms with Crippen LogP contribution in [0.15, 0.2) is 22.8 Å². The number of hydrogen-bond donors (Lipinski definition) is 0. The number of pyridine rings is 1. The number of nitrogens with zero attached hydrogens (tertiary/aromatic N) is 2. The van der Waals surface area contributed by atoms with Gasteiger partial charge in [-0.15, -0.1) is 0 Å². The topological polar surface area (TPSA) is 33.2 Å². The van der Waals surface area contributed by atoms with E-state index in [0.717, 1.165) is 36.1 Å². The van der Waals surface area contributed by atoms with Crippen molar-refractivity contribution in [3.05, 3.63) is 22.8 Å². The van der Waals surface area contributed by atoms with Crippen LogP contribution >= 0.6 is 15.9 Å². The van der Waals surface area contributed by atoms with E-state index in [9.17, 15) is 4.79 Å². The molecule has 1 aromatic rings. The summed E-state index contributed by atoms with van der Waals surface area (Å²) >= 11 is 3.39. The van der Waals surface area contributed by atoms with E-state index < -0.39 is 0 Å². The number of carbonyl (C=O) groups excluding carboxylic acids is 1. The Balaban J connectivity index is 2.24. The fourth-order valence-electron chi connectivity index (χ4n) is 1.77. The van der Waals surface area contributed by atoms with Crippen molar-refractivity contribution in [3.8, 4) is 0 Å². The van der Waals surface area contributed by atoms with Crippen LogP contribution in [0.3, 0.4) is 0 Å². The maximum absolute atomic E-state index is 11.8. The zero-order valence-electron chi connectivity index (χ0n) is 8.45. The Labute approximate surface area is 97.6 Å². The van der Waals surface area contributed by atoms with Gasteiger partial charge in [0.2, 0.25) is 5.91 Å². The molecule has 1 aromatic heterocycles. The first-order valence-corrected chi connectivity index (χ1v) is 5.98. The molecule has 2 heterocycles. The normalized spacial score (nSPS) is 17.7. The lowest BCUT2D eigenvalue weighted by Gasteiger charge is -2.19. The Hall–Kier alpha value is -0.900. The molecule has 0 aromatic carbocycles. The van der Waals surface area contributed by atoms with Crippen LogP contribution in [-0.4, -0.2) is 17.4 Å². The van der Waals surface area contributed by atoms with Gasteiger partial charge in [0.1, 0.15) is 5.82 Å². The molecule has 0 atom stereocenters. The molecule has 1 fully saturated rings. The number of aromatic nitrogens is 1. The van der Waals surface area contributed by atoms with Crippen molar-refractivity contribution in [2.75, 3.05) is 11.4 Å². The molecular weight excluding hydrogens is 256 g/mol. The summed E-state index contributed by atoms with van der Waals surface area (Å²) in [5.41, 5.74) is 0. The fraction of sp³-hybridized carbons (Fsp3) is 0.455. The third kappa shape index (κ3) is 2.56. The molecule has 3 nitrogen and oxygen atoms in total. The van der Waals surface area contributed by atoms with Gasteiger partial charge >= 0.3 is 0 Å². The molecular formula is C11H13BrN2O. The monoisotopic (exact) mass is 268 g/mol. The Morgan fingerprint density at radius 2 is 2.20 bits per heavy atom. The van der Waals surface area contributed by atoms with Gasteiger partial charge in [-0.2, -0.15) is 0 Å². The SMILES string of the molecule is O=C1CCCCCN1c1cc(Br)ccn1. The Kier molecular flexibility index (Phi) is 3.36. The van der Waals surface area contributed by atoms with Crippen molar-refractivity contribution in [3.63, 3.8) is 0 Å². The molecule has 4 heteroatoms. The van der Waals surface area contributed by atoms with Crippen LogP contribution < -0.4 is 4.90 Å². The summed E-state index contributed by atoms with van der Waals surface area (Å²) in [5, 5.41) is 0. The van der Waals surface area contributed by atoms with Gasteiger partial charge in [-0.3, -0.25) is 9.69 Å². The van der Waals surface area contributed by atoms with Gasteiger partial charge in [0, 0.05) is 23.6 Å². The molecule has 1 amide bonds. The molecule has 0 spiro atoms. The average Bonchev–Trinajstić information content (AvgIpc) is 2.43. The minimum atomic E-state index is 0.193. The van der Waals surface area contributed by atoms with Gasteiger partial charge in [-0.25, -0.2) is 4.98 Å². The lowest BCUT2D eigenvalue weighted by Crippen LogP contribution is -2.30. The number of rotatable bonds is 1. The minimum absolute atomic E-state index is 0.193. The van der Waals surface area contributed by atoms with Crippen molar-refractivity contribution in [2.24, 2.45) is 0 Å². The van der Waals surface area contributed by atoms with Crippen LogP contribution in [0.2, 0.25) is 0 Å². The average molecular weight is 269 g/mol. The zero-order chi connectivity index (χ0) is 10.7. The highest BCUT2D eigenvalue weighted by molar-refractivity contribution is 9.10. The second-order valence-corrected chi connectivity index (χ2v) is 4.60. The zero-order valence-corrected chi connectivity index (χ0v) is 10.0. The fourth-order valence-corrected chi connectivity index (χ4v) is 2.09. The van der Waals surface area contributed by atoms with E-state index in [1.165, 1.54) is 0 Å². The smallest absolute Gasteiger partial charge is 0.228 e. The molecule has 0 saturated carbocycles. The molecule has 2 rings (SSSR count). The van der Waals surface area contributed by atoms with Gasteiger partial charge in [-0.05, 0) is 25.0 Å². The van der Waals surface area contributed by atoms with E-state index in [4.69, 9.17) is 0 Å². The summed E-state index contributed by atoms with van der Waals surface area (Å²) in [4.78, 5) is 17.8. The standard InChI is InChI=1S/C11H13BrN2O/c12-9-5-6-13-10(8-9)14-7-3-1-2-4-11(14)15/h5-6,8H,1-4,7H2. The van der Waals surface area contributed by atoms with Crippen molar-refractivity contribution in [1.29, 1.82) is 0 Å². The van der Waals surface area contributed by atoms with Crippen molar-refractivity contribution < 1.29 is 4.79 Å². The van der Waals surface area contributed by atoms with E-state index in [1.807, 2.05) is 12.1 Å². The highest BCUT2D eigenvalue weighted by Gasteiger charge is 2.18. The summed E-state index contributed by atoms with van der Waals surface area (Å²) < 4.78 is 0.963. The second-order valence-electron chi connectivity index (χ2n) is 3.69. The molecule has 0 N–H and O–H groups in total. The third-order valence-electron chi connectivity index (χ3n) is 2.56. The summed E-state index contributed by atoms with van der Waals surface area (Å²) in [6.07, 6.45) is 5.57. The molecule has 0 aliphatic carbocycles. The van der Waals surface area contributed by atoms with Gasteiger partial charge in [0.25, 0.3) is 0 Å². The summed E-state index contributed by atoms with van der Waals surface area (Å²) in [6, 6.07) is 3.76. The first-order chi connectivity index (χ1) is 7.27. The second kappa shape index (κ2) is 4.75. The van der Waals surface area contributed by atoms with Crippen LogP contribution in [-0.2, 0) is 4.79 Å². The molecule has 1 aliphatic heterocycles. The van der Waals surface area contributed by atoms with E-state index in [1.54, 1.807) is 11.1 Å². The van der Waals surface area contributed by atoms with E-state index in [0.29, 0.717) is 6.42 Å². The number of hydrogen-bond acceptors (Lipinski definition) is 2. The largest absolute Gasteiger partial charge is 0.297 e. The highest BCUT2D eigenvalue weighted by atomic mass is 79.9. The van der Waals surface area contributed by atoms with Gasteiger partial charge in [0.15, 0.2) is 0 Å². The Bertz CT molecular complexity index is 367. The predicted octanol–water partition coefficient (Wildman–Crippen LogP) is 2.75. The minimum Gasteiger partial charge on any atom is -0.297 e. The number of amides is 1. The molecule has 80 valence electrons. The van der Waals surface area contributed by atoms with Crippen LogP contribution in [0.1, 0.15) is 25.7 Å². The van der Waals surface area contributed by atoms with Crippen LogP contribution in [0, 0.1) is 0 Å². The first-order valence-electron chi connectivity index (χ1n) is 5.19. The van der Waals surface area contributed by atoms with Crippen molar-refractivity contribution >= 4 is 27.7 Å². The van der Waals surface area contributed by atoms with Gasteiger partial charge in [0.05, 0.1) is 0 Å². The van der Waals surface area contributed by atoms with Crippen LogP contribution in [0.25, 0.3) is 0 Å². The Morgan fingerprint density at radius 3 is 3.00 bits per heavy atom. The van der Waals surface area contributed by atoms with E-state index in [-0.39, 0.29) is 5.91 Å². The van der Waals surface area contributed by atoms with Crippen LogP contribution in [0.4, 0.5) is 5.82 Å². The van der Waals surface area contributed by atoms with E-state index >= 15 is 0 Å². The van der Waals surface area contributed by atoms with Crippen molar-refractivity contribution in [2.45, 2.75) is 25.7 Å². The first kappa shape index (κ1) is 10.6. The van der Waals surface area contributed by atoms with Gasteiger partial charge in [-0.1, -0.05) is 22.4 Å². The van der Waals surface area contributed by atoms with Crippen molar-refractivity contribution in [1.82, 2.24) is 4.98 Å². The molecule has 0 radical (unpaired) electrons. The van der Waals surface area contributed by atoms with Gasteiger partial charge < -0.3 is 0 Å². The molecule has 15 heavy (non-hydrogen) atoms. The molecule has 1 aliphatic rings. The summed E-state index contributed by atoms with van der Waals surface area (Å²) in [6.45, 7) is 0.794. The summed E-state index contributed by atoms with van der Waals surface area (Å²) in [7, 11) is 0. The summed E-state index contributed by atoms with van der Waals surface area (Å²) in [5.74, 6) is 0.953.